The van der Waals surface area contributed by atoms with Gasteiger partial charge in [-0.15, -0.1) is 0 Å². The molecule has 8 heteroatoms. The lowest BCUT2D eigenvalue weighted by atomic mass is 9.93. The van der Waals surface area contributed by atoms with Crippen LogP contribution in [0.25, 0.3) is 0 Å². The molecule has 3 heterocycles. The fraction of sp³-hybridized carbons (Fsp3) is 0.500. The number of hydrogen-bond donors (Lipinski definition) is 1. The molecule has 1 amide bonds. The Balaban J connectivity index is 1.56. The van der Waals surface area contributed by atoms with E-state index in [9.17, 15) is 13.2 Å². The second-order valence-corrected chi connectivity index (χ2v) is 9.65. The van der Waals surface area contributed by atoms with Gasteiger partial charge in [-0.05, 0) is 44.7 Å². The van der Waals surface area contributed by atoms with Gasteiger partial charge >= 0.3 is 0 Å². The monoisotopic (exact) mass is 402 g/mol. The minimum Gasteiger partial charge on any atom is -0.339 e. The van der Waals surface area contributed by atoms with Gasteiger partial charge in [-0.3, -0.25) is 9.89 Å². The summed E-state index contributed by atoms with van der Waals surface area (Å²) in [7, 11) is -3.55. The second-order valence-electron chi connectivity index (χ2n) is 7.71. The van der Waals surface area contributed by atoms with E-state index in [1.165, 1.54) is 4.31 Å². The standard InChI is InChI=1S/C20H26N4O3S/c1-15-6-8-17(9-7-15)28(26,27)24-12-4-5-16(14-24)19-18(13-21-22-19)20(25)23-10-2-3-11-23/h6-9,13,16H,2-5,10-12,14H2,1H3,(H,21,22)/t16-/m1/s1. The van der Waals surface area contributed by atoms with Gasteiger partial charge in [0, 0.05) is 32.1 Å². The number of aryl methyl sites for hydroxylation is 1. The number of carbonyl (C=O) groups is 1. The maximum atomic E-state index is 13.1. The van der Waals surface area contributed by atoms with Crippen molar-refractivity contribution in [3.8, 4) is 0 Å². The number of rotatable bonds is 4. The topological polar surface area (TPSA) is 86.4 Å². The second kappa shape index (κ2) is 7.67. The lowest BCUT2D eigenvalue weighted by Gasteiger charge is -2.32. The number of amides is 1. The highest BCUT2D eigenvalue weighted by Crippen LogP contribution is 2.31. The Morgan fingerprint density at radius 1 is 1.11 bits per heavy atom. The fourth-order valence-corrected chi connectivity index (χ4v) is 5.65. The van der Waals surface area contributed by atoms with Crippen molar-refractivity contribution in [1.82, 2.24) is 19.4 Å². The van der Waals surface area contributed by atoms with Gasteiger partial charge in [0.2, 0.25) is 10.0 Å². The van der Waals surface area contributed by atoms with Crippen LogP contribution in [0.15, 0.2) is 35.4 Å². The zero-order valence-corrected chi connectivity index (χ0v) is 16.9. The van der Waals surface area contributed by atoms with Crippen LogP contribution in [0.2, 0.25) is 0 Å². The van der Waals surface area contributed by atoms with Gasteiger partial charge in [0.05, 0.1) is 22.3 Å². The van der Waals surface area contributed by atoms with E-state index >= 15 is 0 Å². The molecule has 4 rings (SSSR count). The molecule has 2 fully saturated rings. The zero-order chi connectivity index (χ0) is 19.7. The van der Waals surface area contributed by atoms with Gasteiger partial charge in [0.25, 0.3) is 5.91 Å². The number of sulfonamides is 1. The lowest BCUT2D eigenvalue weighted by Crippen LogP contribution is -2.39. The molecule has 1 aromatic carbocycles. The number of hydrogen-bond acceptors (Lipinski definition) is 4. The average Bonchev–Trinajstić information content (AvgIpc) is 3.40. The molecule has 0 aliphatic carbocycles. The molecule has 28 heavy (non-hydrogen) atoms. The molecule has 1 aromatic heterocycles. The molecule has 2 saturated heterocycles. The molecule has 1 N–H and O–H groups in total. The number of aromatic nitrogens is 2. The van der Waals surface area contributed by atoms with Crippen LogP contribution in [0.1, 0.15) is 53.2 Å². The summed E-state index contributed by atoms with van der Waals surface area (Å²) in [5.74, 6) is -0.0576. The maximum absolute atomic E-state index is 13.1. The summed E-state index contributed by atoms with van der Waals surface area (Å²) in [4.78, 5) is 15.0. The summed E-state index contributed by atoms with van der Waals surface area (Å²) in [6.07, 6.45) is 5.24. The van der Waals surface area contributed by atoms with Crippen molar-refractivity contribution in [2.24, 2.45) is 0 Å². The third-order valence-corrected chi connectivity index (χ3v) is 7.62. The Morgan fingerprint density at radius 3 is 2.54 bits per heavy atom. The van der Waals surface area contributed by atoms with E-state index in [4.69, 9.17) is 0 Å². The van der Waals surface area contributed by atoms with E-state index in [1.54, 1.807) is 18.3 Å². The third-order valence-electron chi connectivity index (χ3n) is 5.74. The van der Waals surface area contributed by atoms with Crippen LogP contribution in [0, 0.1) is 6.92 Å². The van der Waals surface area contributed by atoms with Crippen LogP contribution in [0.3, 0.4) is 0 Å². The molecule has 0 unspecified atom stereocenters. The summed E-state index contributed by atoms with van der Waals surface area (Å²) >= 11 is 0. The van der Waals surface area contributed by atoms with E-state index < -0.39 is 10.0 Å². The van der Waals surface area contributed by atoms with Crippen molar-refractivity contribution in [2.75, 3.05) is 26.2 Å². The predicted molar refractivity (Wildman–Crippen MR) is 106 cm³/mol. The molecule has 2 aromatic rings. The summed E-state index contributed by atoms with van der Waals surface area (Å²) in [5, 5.41) is 7.08. The van der Waals surface area contributed by atoms with Crippen molar-refractivity contribution < 1.29 is 13.2 Å². The van der Waals surface area contributed by atoms with Crippen molar-refractivity contribution >= 4 is 15.9 Å². The number of nitrogens with zero attached hydrogens (tertiary/aromatic N) is 3. The number of carbonyl (C=O) groups excluding carboxylic acids is 1. The average molecular weight is 403 g/mol. The van der Waals surface area contributed by atoms with E-state index in [0.717, 1.165) is 50.0 Å². The lowest BCUT2D eigenvalue weighted by molar-refractivity contribution is 0.0791. The summed E-state index contributed by atoms with van der Waals surface area (Å²) in [5.41, 5.74) is 2.38. The normalized spacial score (nSPS) is 21.2. The Morgan fingerprint density at radius 2 is 1.82 bits per heavy atom. The molecule has 2 aliphatic rings. The highest BCUT2D eigenvalue weighted by Gasteiger charge is 2.34. The molecule has 0 radical (unpaired) electrons. The first kappa shape index (κ1) is 19.1. The van der Waals surface area contributed by atoms with Gasteiger partial charge in [0.15, 0.2) is 0 Å². The zero-order valence-electron chi connectivity index (χ0n) is 16.1. The number of H-pyrrole nitrogens is 1. The van der Waals surface area contributed by atoms with Gasteiger partial charge < -0.3 is 4.90 Å². The van der Waals surface area contributed by atoms with Crippen molar-refractivity contribution in [3.05, 3.63) is 47.3 Å². The molecular formula is C20H26N4O3S. The largest absolute Gasteiger partial charge is 0.339 e. The summed E-state index contributed by atoms with van der Waals surface area (Å²) < 4.78 is 27.7. The van der Waals surface area contributed by atoms with Crippen LogP contribution in [0.5, 0.6) is 0 Å². The van der Waals surface area contributed by atoms with Crippen molar-refractivity contribution in [1.29, 1.82) is 0 Å². The van der Waals surface area contributed by atoms with Gasteiger partial charge in [-0.1, -0.05) is 17.7 Å². The molecular weight excluding hydrogens is 376 g/mol. The maximum Gasteiger partial charge on any atom is 0.257 e. The number of likely N-dealkylation sites (tertiary alicyclic amines) is 1. The molecule has 0 bridgehead atoms. The molecule has 1 atom stereocenters. The summed E-state index contributed by atoms with van der Waals surface area (Å²) in [6, 6.07) is 6.95. The van der Waals surface area contributed by atoms with Crippen molar-refractivity contribution in [3.63, 3.8) is 0 Å². The number of benzene rings is 1. The number of aromatic amines is 1. The Bertz CT molecular complexity index is 946. The molecule has 7 nitrogen and oxygen atoms in total. The molecule has 150 valence electrons. The van der Waals surface area contributed by atoms with E-state index in [0.29, 0.717) is 23.5 Å². The minimum absolute atomic E-state index is 0.000217. The van der Waals surface area contributed by atoms with Gasteiger partial charge in [-0.2, -0.15) is 9.40 Å². The first-order valence-corrected chi connectivity index (χ1v) is 11.3. The van der Waals surface area contributed by atoms with E-state index in [1.807, 2.05) is 24.0 Å². The first-order valence-electron chi connectivity index (χ1n) is 9.86. The molecule has 0 spiro atoms. The van der Waals surface area contributed by atoms with Gasteiger partial charge in [0.1, 0.15) is 0 Å². The Kier molecular flexibility index (Phi) is 5.25. The fourth-order valence-electron chi connectivity index (χ4n) is 4.12. The molecule has 0 saturated carbocycles. The Hall–Kier alpha value is -2.19. The first-order chi connectivity index (χ1) is 13.5. The van der Waals surface area contributed by atoms with Crippen LogP contribution >= 0.6 is 0 Å². The van der Waals surface area contributed by atoms with Crippen LogP contribution < -0.4 is 0 Å². The minimum atomic E-state index is -3.55. The number of piperidine rings is 1. The van der Waals surface area contributed by atoms with Crippen LogP contribution in [-0.2, 0) is 10.0 Å². The van der Waals surface area contributed by atoms with E-state index in [2.05, 4.69) is 10.2 Å². The predicted octanol–water partition coefficient (Wildman–Crippen LogP) is 2.52. The highest BCUT2D eigenvalue weighted by molar-refractivity contribution is 7.89. The number of nitrogens with one attached hydrogen (secondary N) is 1. The van der Waals surface area contributed by atoms with Crippen LogP contribution in [-0.4, -0.2) is 59.9 Å². The smallest absolute Gasteiger partial charge is 0.257 e. The van der Waals surface area contributed by atoms with E-state index in [-0.39, 0.29) is 11.8 Å². The van der Waals surface area contributed by atoms with Crippen molar-refractivity contribution in [2.45, 2.75) is 43.4 Å². The Labute approximate surface area is 165 Å². The quantitative estimate of drug-likeness (QED) is 0.851. The van der Waals surface area contributed by atoms with Crippen LogP contribution in [0.4, 0.5) is 0 Å². The highest BCUT2D eigenvalue weighted by atomic mass is 32.2. The third kappa shape index (κ3) is 3.58. The SMILES string of the molecule is Cc1ccc(S(=O)(=O)N2CCC[C@@H](c3[nH]ncc3C(=O)N3CCCC3)C2)cc1. The summed E-state index contributed by atoms with van der Waals surface area (Å²) in [6.45, 7) is 4.35. The molecule has 2 aliphatic heterocycles. The van der Waals surface area contributed by atoms with Gasteiger partial charge in [-0.25, -0.2) is 8.42 Å².